The number of hydrogen-bond acceptors (Lipinski definition) is 7. The summed E-state index contributed by atoms with van der Waals surface area (Å²) in [6, 6.07) is 6.80. The molecule has 0 saturated heterocycles. The number of nitriles is 1. The number of carbonyl (C=O) groups is 1. The lowest BCUT2D eigenvalue weighted by Crippen LogP contribution is -2.22. The number of anilines is 1. The van der Waals surface area contributed by atoms with E-state index in [9.17, 15) is 4.79 Å². The Morgan fingerprint density at radius 3 is 2.88 bits per heavy atom. The van der Waals surface area contributed by atoms with Gasteiger partial charge in [-0.3, -0.25) is 4.79 Å². The molecule has 1 aromatic heterocycles. The van der Waals surface area contributed by atoms with E-state index in [1.807, 2.05) is 13.0 Å². The second kappa shape index (κ2) is 10.0. The summed E-state index contributed by atoms with van der Waals surface area (Å²) < 4.78 is 1.71. The van der Waals surface area contributed by atoms with Crippen molar-refractivity contribution in [2.45, 2.75) is 40.6 Å². The van der Waals surface area contributed by atoms with Crippen molar-refractivity contribution >= 4 is 58.1 Å². The normalized spacial score (nSPS) is 11.8. The van der Waals surface area contributed by atoms with Crippen LogP contribution >= 0.6 is 46.5 Å². The molecule has 0 aliphatic carbocycles. The van der Waals surface area contributed by atoms with Crippen LogP contribution in [0.3, 0.4) is 0 Å². The molecule has 0 bridgehead atoms. The quantitative estimate of drug-likeness (QED) is 0.481. The maximum Gasteiger partial charge on any atom is 0.237 e. The van der Waals surface area contributed by atoms with Gasteiger partial charge in [-0.05, 0) is 31.5 Å². The molecule has 0 saturated carbocycles. The molecule has 0 aliphatic rings. The molecule has 0 radical (unpaired) electrons. The number of carbonyl (C=O) groups excluding carboxylic acids is 1. The molecule has 1 heterocycles. The van der Waals surface area contributed by atoms with Gasteiger partial charge in [0.15, 0.2) is 8.68 Å². The largest absolute Gasteiger partial charge is 0.325 e. The van der Waals surface area contributed by atoms with Crippen LogP contribution in [0.2, 0.25) is 5.02 Å². The van der Waals surface area contributed by atoms with Crippen molar-refractivity contribution in [2.75, 3.05) is 11.1 Å². The fourth-order valence-electron chi connectivity index (χ4n) is 1.74. The summed E-state index contributed by atoms with van der Waals surface area (Å²) in [5.74, 6) is 0.881. The van der Waals surface area contributed by atoms with Crippen molar-refractivity contribution in [3.05, 3.63) is 28.8 Å². The SMILES string of the molecule is CCCCSc1nnc(S[C@@H](C)C(=O)Nc2ccc(C#N)c(Cl)c2)s1. The van der Waals surface area contributed by atoms with E-state index in [-0.39, 0.29) is 11.2 Å². The van der Waals surface area contributed by atoms with Crippen molar-refractivity contribution < 1.29 is 4.79 Å². The molecule has 132 valence electrons. The number of halogens is 1. The molecular weight excluding hydrogens is 396 g/mol. The summed E-state index contributed by atoms with van der Waals surface area (Å²) in [5, 5.41) is 20.0. The molecule has 5 nitrogen and oxygen atoms in total. The number of amides is 1. The molecule has 1 atom stereocenters. The van der Waals surface area contributed by atoms with Crippen LogP contribution in [0.15, 0.2) is 26.9 Å². The third kappa shape index (κ3) is 6.19. The standard InChI is InChI=1S/C16H17ClN4OS3/c1-3-4-7-23-15-20-21-16(25-15)24-10(2)14(22)19-12-6-5-11(9-18)13(17)8-12/h5-6,8,10H,3-4,7H2,1-2H3,(H,19,22)/t10-/m0/s1. The zero-order chi connectivity index (χ0) is 18.2. The van der Waals surface area contributed by atoms with E-state index in [0.717, 1.165) is 27.3 Å². The van der Waals surface area contributed by atoms with Crippen LogP contribution in [0.5, 0.6) is 0 Å². The number of unbranched alkanes of at least 4 members (excludes halogenated alkanes) is 1. The zero-order valence-electron chi connectivity index (χ0n) is 13.8. The fourth-order valence-corrected chi connectivity index (χ4v) is 5.28. The second-order valence-electron chi connectivity index (χ2n) is 5.09. The van der Waals surface area contributed by atoms with Gasteiger partial charge in [-0.15, -0.1) is 10.2 Å². The summed E-state index contributed by atoms with van der Waals surface area (Å²) in [6.07, 6.45) is 2.31. The summed E-state index contributed by atoms with van der Waals surface area (Å²) in [5.41, 5.74) is 0.943. The molecule has 2 rings (SSSR count). The van der Waals surface area contributed by atoms with Gasteiger partial charge in [0.2, 0.25) is 5.91 Å². The number of nitrogens with zero attached hydrogens (tertiary/aromatic N) is 3. The highest BCUT2D eigenvalue weighted by atomic mass is 35.5. The topological polar surface area (TPSA) is 78.7 Å². The van der Waals surface area contributed by atoms with E-state index in [4.69, 9.17) is 16.9 Å². The third-order valence-corrected chi connectivity index (χ3v) is 6.76. The Kier molecular flexibility index (Phi) is 8.03. The van der Waals surface area contributed by atoms with Gasteiger partial charge >= 0.3 is 0 Å². The fraction of sp³-hybridized carbons (Fsp3) is 0.375. The second-order valence-corrected chi connectivity index (χ2v) is 9.41. The molecule has 2 aromatic rings. The highest BCUT2D eigenvalue weighted by Crippen LogP contribution is 2.32. The number of rotatable bonds is 8. The van der Waals surface area contributed by atoms with Crippen LogP contribution in [-0.4, -0.2) is 27.1 Å². The van der Waals surface area contributed by atoms with E-state index in [1.165, 1.54) is 23.1 Å². The third-order valence-electron chi connectivity index (χ3n) is 3.12. The van der Waals surface area contributed by atoms with Crippen LogP contribution in [0, 0.1) is 11.3 Å². The molecule has 1 aromatic carbocycles. The number of aromatic nitrogens is 2. The van der Waals surface area contributed by atoms with Gasteiger partial charge in [0.05, 0.1) is 15.8 Å². The summed E-state index contributed by atoms with van der Waals surface area (Å²) in [6.45, 7) is 3.97. The Labute approximate surface area is 164 Å². The van der Waals surface area contributed by atoms with E-state index >= 15 is 0 Å². The van der Waals surface area contributed by atoms with Crippen LogP contribution in [-0.2, 0) is 4.79 Å². The van der Waals surface area contributed by atoms with Gasteiger partial charge in [0.25, 0.3) is 0 Å². The molecule has 1 amide bonds. The summed E-state index contributed by atoms with van der Waals surface area (Å²) >= 11 is 10.6. The lowest BCUT2D eigenvalue weighted by Gasteiger charge is -2.10. The first-order chi connectivity index (χ1) is 12.0. The average molecular weight is 413 g/mol. The Morgan fingerprint density at radius 2 is 2.20 bits per heavy atom. The first-order valence-corrected chi connectivity index (χ1v) is 10.7. The lowest BCUT2D eigenvalue weighted by atomic mass is 10.2. The maximum absolute atomic E-state index is 12.3. The van der Waals surface area contributed by atoms with E-state index in [1.54, 1.807) is 30.0 Å². The van der Waals surface area contributed by atoms with E-state index in [0.29, 0.717) is 16.3 Å². The highest BCUT2D eigenvalue weighted by molar-refractivity contribution is 8.03. The van der Waals surface area contributed by atoms with Crippen molar-refractivity contribution in [3.8, 4) is 6.07 Å². The molecule has 9 heteroatoms. The molecule has 25 heavy (non-hydrogen) atoms. The number of benzene rings is 1. The lowest BCUT2D eigenvalue weighted by molar-refractivity contribution is -0.115. The van der Waals surface area contributed by atoms with Gasteiger partial charge in [0, 0.05) is 11.4 Å². The Balaban J connectivity index is 1.90. The first-order valence-electron chi connectivity index (χ1n) is 7.67. The minimum atomic E-state index is -0.323. The maximum atomic E-state index is 12.3. The highest BCUT2D eigenvalue weighted by Gasteiger charge is 2.18. The molecule has 0 fully saturated rings. The summed E-state index contributed by atoms with van der Waals surface area (Å²) in [4.78, 5) is 12.3. The van der Waals surface area contributed by atoms with Crippen LogP contribution < -0.4 is 5.32 Å². The average Bonchev–Trinajstić information content (AvgIpc) is 3.02. The van der Waals surface area contributed by atoms with Crippen LogP contribution in [0.1, 0.15) is 32.3 Å². The zero-order valence-corrected chi connectivity index (χ0v) is 17.0. The van der Waals surface area contributed by atoms with E-state index in [2.05, 4.69) is 22.4 Å². The first kappa shape index (κ1) is 20.0. The smallest absolute Gasteiger partial charge is 0.237 e. The van der Waals surface area contributed by atoms with Gasteiger partial charge in [-0.25, -0.2) is 0 Å². The monoisotopic (exact) mass is 412 g/mol. The summed E-state index contributed by atoms with van der Waals surface area (Å²) in [7, 11) is 0. The predicted molar refractivity (Wildman–Crippen MR) is 106 cm³/mol. The Morgan fingerprint density at radius 1 is 1.44 bits per heavy atom. The van der Waals surface area contributed by atoms with Gasteiger partial charge in [-0.1, -0.05) is 59.8 Å². The number of thioether (sulfide) groups is 2. The van der Waals surface area contributed by atoms with Crippen LogP contribution in [0.25, 0.3) is 0 Å². The van der Waals surface area contributed by atoms with Crippen molar-refractivity contribution in [2.24, 2.45) is 0 Å². The Bertz CT molecular complexity index is 775. The minimum Gasteiger partial charge on any atom is -0.325 e. The minimum absolute atomic E-state index is 0.152. The molecule has 0 aliphatic heterocycles. The number of hydrogen-bond donors (Lipinski definition) is 1. The van der Waals surface area contributed by atoms with Gasteiger partial charge in [-0.2, -0.15) is 5.26 Å². The van der Waals surface area contributed by atoms with E-state index < -0.39 is 0 Å². The van der Waals surface area contributed by atoms with Crippen molar-refractivity contribution in [1.82, 2.24) is 10.2 Å². The van der Waals surface area contributed by atoms with Crippen molar-refractivity contribution in [3.63, 3.8) is 0 Å². The molecule has 1 N–H and O–H groups in total. The van der Waals surface area contributed by atoms with Gasteiger partial charge < -0.3 is 5.32 Å². The number of nitrogens with one attached hydrogen (secondary N) is 1. The van der Waals surface area contributed by atoms with Crippen LogP contribution in [0.4, 0.5) is 5.69 Å². The predicted octanol–water partition coefficient (Wildman–Crippen LogP) is 5.07. The molecule has 0 unspecified atom stereocenters. The van der Waals surface area contributed by atoms with Gasteiger partial charge in [0.1, 0.15) is 6.07 Å². The molecule has 0 spiro atoms. The Hall–Kier alpha value is -1.27. The van der Waals surface area contributed by atoms with Crippen molar-refractivity contribution in [1.29, 1.82) is 5.26 Å². The molecular formula is C16H17ClN4OS3.